The number of nitrogens with one attached hydrogen (secondary N) is 3. The number of anilines is 2. The van der Waals surface area contributed by atoms with Gasteiger partial charge in [0.25, 0.3) is 0 Å². The molecule has 1 aliphatic carbocycles. The molecule has 0 spiro atoms. The van der Waals surface area contributed by atoms with Crippen molar-refractivity contribution in [3.63, 3.8) is 0 Å². The van der Waals surface area contributed by atoms with E-state index in [1.165, 1.54) is 11.8 Å². The van der Waals surface area contributed by atoms with Gasteiger partial charge in [-0.3, -0.25) is 4.79 Å². The molecule has 1 aromatic heterocycles. The van der Waals surface area contributed by atoms with E-state index in [0.717, 1.165) is 29.8 Å². The topological polar surface area (TPSA) is 101 Å². The monoisotopic (exact) mass is 450 g/mol. The molecule has 0 unspecified atom stereocenters. The number of carbonyl (C=O) groups excluding carboxylic acids is 2. The molecule has 3 amide bonds. The van der Waals surface area contributed by atoms with Crippen LogP contribution in [-0.4, -0.2) is 38.5 Å². The fourth-order valence-electron chi connectivity index (χ4n) is 3.25. The lowest BCUT2D eigenvalue weighted by atomic mass is 10.1. The Kier molecular flexibility index (Phi) is 6.75. The summed E-state index contributed by atoms with van der Waals surface area (Å²) in [5.41, 5.74) is 3.51. The first-order chi connectivity index (χ1) is 15.5. The molecule has 2 aromatic carbocycles. The quantitative estimate of drug-likeness (QED) is 0.445. The van der Waals surface area contributed by atoms with Gasteiger partial charge in [0.2, 0.25) is 5.91 Å². The minimum absolute atomic E-state index is 0.134. The van der Waals surface area contributed by atoms with Crippen molar-refractivity contribution in [2.45, 2.75) is 44.4 Å². The normalized spacial score (nSPS) is 12.9. The number of hydrogen-bond acceptors (Lipinski definition) is 5. The summed E-state index contributed by atoms with van der Waals surface area (Å²) in [5, 5.41) is 17.9. The van der Waals surface area contributed by atoms with Crippen molar-refractivity contribution < 1.29 is 9.59 Å². The van der Waals surface area contributed by atoms with Crippen molar-refractivity contribution in [3.05, 3.63) is 54.1 Å². The molecule has 0 atom stereocenters. The lowest BCUT2D eigenvalue weighted by Gasteiger charge is -2.10. The molecular formula is C23H26N6O2S. The van der Waals surface area contributed by atoms with Crippen LogP contribution in [-0.2, 0) is 11.3 Å². The zero-order valence-electron chi connectivity index (χ0n) is 18.1. The molecule has 1 heterocycles. The van der Waals surface area contributed by atoms with E-state index in [1.807, 2.05) is 42.7 Å². The van der Waals surface area contributed by atoms with E-state index in [2.05, 4.69) is 26.1 Å². The third-order valence-electron chi connectivity index (χ3n) is 5.09. The van der Waals surface area contributed by atoms with E-state index in [0.29, 0.717) is 29.1 Å². The SMILES string of the molecule is CCn1c(SCC(=O)Nc2ccc(NC(=O)NC3CC3)cc2)nnc1-c1ccccc1C. The first-order valence-corrected chi connectivity index (χ1v) is 11.6. The Morgan fingerprint density at radius 3 is 2.38 bits per heavy atom. The number of carbonyl (C=O) groups is 2. The van der Waals surface area contributed by atoms with Crippen LogP contribution in [0, 0.1) is 6.92 Å². The Morgan fingerprint density at radius 1 is 1.03 bits per heavy atom. The average molecular weight is 451 g/mol. The van der Waals surface area contributed by atoms with E-state index in [-0.39, 0.29) is 17.7 Å². The molecule has 3 aromatic rings. The molecule has 9 heteroatoms. The van der Waals surface area contributed by atoms with Crippen LogP contribution in [0.15, 0.2) is 53.7 Å². The van der Waals surface area contributed by atoms with Gasteiger partial charge in [-0.1, -0.05) is 36.0 Å². The van der Waals surface area contributed by atoms with Crippen molar-refractivity contribution in [1.82, 2.24) is 20.1 Å². The Bertz CT molecular complexity index is 1110. The zero-order chi connectivity index (χ0) is 22.5. The van der Waals surface area contributed by atoms with Gasteiger partial charge in [-0.15, -0.1) is 10.2 Å². The Balaban J connectivity index is 1.32. The van der Waals surface area contributed by atoms with Gasteiger partial charge >= 0.3 is 6.03 Å². The van der Waals surface area contributed by atoms with Crippen molar-refractivity contribution in [1.29, 1.82) is 0 Å². The van der Waals surface area contributed by atoms with Crippen LogP contribution in [0.2, 0.25) is 0 Å². The number of aromatic nitrogens is 3. The number of benzene rings is 2. The Morgan fingerprint density at radius 2 is 1.72 bits per heavy atom. The number of hydrogen-bond donors (Lipinski definition) is 3. The van der Waals surface area contributed by atoms with Crippen molar-refractivity contribution in [2.24, 2.45) is 0 Å². The lowest BCUT2D eigenvalue weighted by Crippen LogP contribution is -2.30. The Hall–Kier alpha value is -3.33. The number of rotatable bonds is 8. The van der Waals surface area contributed by atoms with Crippen LogP contribution in [0.25, 0.3) is 11.4 Å². The van der Waals surface area contributed by atoms with E-state index >= 15 is 0 Å². The van der Waals surface area contributed by atoms with E-state index < -0.39 is 0 Å². The average Bonchev–Trinajstić information content (AvgIpc) is 3.50. The second kappa shape index (κ2) is 9.86. The Labute approximate surface area is 191 Å². The highest BCUT2D eigenvalue weighted by Gasteiger charge is 2.23. The zero-order valence-corrected chi connectivity index (χ0v) is 18.9. The molecule has 8 nitrogen and oxygen atoms in total. The second-order valence-corrected chi connectivity index (χ2v) is 8.59. The number of thioether (sulfide) groups is 1. The molecule has 0 radical (unpaired) electrons. The van der Waals surface area contributed by atoms with Crippen molar-refractivity contribution in [2.75, 3.05) is 16.4 Å². The fourth-order valence-corrected chi connectivity index (χ4v) is 4.05. The van der Waals surface area contributed by atoms with Crippen LogP contribution < -0.4 is 16.0 Å². The highest BCUT2D eigenvalue weighted by molar-refractivity contribution is 7.99. The summed E-state index contributed by atoms with van der Waals surface area (Å²) in [4.78, 5) is 24.2. The highest BCUT2D eigenvalue weighted by Crippen LogP contribution is 2.26. The van der Waals surface area contributed by atoms with Crippen molar-refractivity contribution in [3.8, 4) is 11.4 Å². The molecule has 1 aliphatic rings. The smallest absolute Gasteiger partial charge is 0.319 e. The van der Waals surface area contributed by atoms with Gasteiger partial charge in [0.15, 0.2) is 11.0 Å². The summed E-state index contributed by atoms with van der Waals surface area (Å²) < 4.78 is 2.02. The summed E-state index contributed by atoms with van der Waals surface area (Å²) >= 11 is 1.36. The van der Waals surface area contributed by atoms with Gasteiger partial charge in [0, 0.05) is 29.5 Å². The standard InChI is InChI=1S/C23H26N6O2S/c1-3-29-21(19-7-5-4-6-15(19)2)27-28-23(29)32-14-20(30)24-16-8-10-17(11-9-16)25-22(31)26-18-12-13-18/h4-11,18H,3,12-14H2,1-2H3,(H,24,30)(H2,25,26,31). The van der Waals surface area contributed by atoms with Crippen molar-refractivity contribution >= 4 is 35.1 Å². The first-order valence-electron chi connectivity index (χ1n) is 10.6. The molecule has 1 saturated carbocycles. The molecular weight excluding hydrogens is 424 g/mol. The molecule has 32 heavy (non-hydrogen) atoms. The van der Waals surface area contributed by atoms with Gasteiger partial charge < -0.3 is 20.5 Å². The van der Waals surface area contributed by atoms with Crippen LogP contribution in [0.5, 0.6) is 0 Å². The number of aryl methyl sites for hydroxylation is 1. The lowest BCUT2D eigenvalue weighted by molar-refractivity contribution is -0.113. The van der Waals surface area contributed by atoms with E-state index in [4.69, 9.17) is 0 Å². The third kappa shape index (κ3) is 5.47. The summed E-state index contributed by atoms with van der Waals surface area (Å²) in [7, 11) is 0. The predicted molar refractivity (Wildman–Crippen MR) is 127 cm³/mol. The molecule has 0 saturated heterocycles. The van der Waals surface area contributed by atoms with Gasteiger partial charge in [-0.25, -0.2) is 4.79 Å². The summed E-state index contributed by atoms with van der Waals surface area (Å²) in [6.07, 6.45) is 2.08. The summed E-state index contributed by atoms with van der Waals surface area (Å²) in [5.74, 6) is 0.892. The minimum atomic E-state index is -0.203. The second-order valence-electron chi connectivity index (χ2n) is 7.65. The first kappa shape index (κ1) is 21.9. The van der Waals surface area contributed by atoms with Gasteiger partial charge in [0.1, 0.15) is 0 Å². The van der Waals surface area contributed by atoms with Gasteiger partial charge in [-0.2, -0.15) is 0 Å². The van der Waals surface area contributed by atoms with Crippen LogP contribution in [0.3, 0.4) is 0 Å². The van der Waals surface area contributed by atoms with Crippen LogP contribution in [0.4, 0.5) is 16.2 Å². The summed E-state index contributed by atoms with van der Waals surface area (Å²) in [6, 6.07) is 15.2. The van der Waals surface area contributed by atoms with Gasteiger partial charge in [0.05, 0.1) is 5.75 Å². The number of urea groups is 1. The number of amides is 3. The maximum Gasteiger partial charge on any atom is 0.319 e. The number of nitrogens with zero attached hydrogens (tertiary/aromatic N) is 3. The molecule has 1 fully saturated rings. The maximum absolute atomic E-state index is 12.4. The highest BCUT2D eigenvalue weighted by atomic mass is 32.2. The van der Waals surface area contributed by atoms with E-state index in [9.17, 15) is 9.59 Å². The molecule has 166 valence electrons. The molecule has 0 bridgehead atoms. The minimum Gasteiger partial charge on any atom is -0.335 e. The largest absolute Gasteiger partial charge is 0.335 e. The molecule has 3 N–H and O–H groups in total. The fraction of sp³-hybridized carbons (Fsp3) is 0.304. The summed E-state index contributed by atoms with van der Waals surface area (Å²) in [6.45, 7) is 4.80. The van der Waals surface area contributed by atoms with Crippen LogP contribution >= 0.6 is 11.8 Å². The van der Waals surface area contributed by atoms with Crippen LogP contribution in [0.1, 0.15) is 25.3 Å². The maximum atomic E-state index is 12.4. The van der Waals surface area contributed by atoms with E-state index in [1.54, 1.807) is 24.3 Å². The molecule has 4 rings (SSSR count). The molecule has 0 aliphatic heterocycles. The predicted octanol–water partition coefficient (Wildman–Crippen LogP) is 4.29. The third-order valence-corrected chi connectivity index (χ3v) is 6.06. The van der Waals surface area contributed by atoms with Gasteiger partial charge in [-0.05, 0) is 56.5 Å².